The molecule has 0 aliphatic rings. The molecule has 1 heterocycles. The molecule has 0 bridgehead atoms. The monoisotopic (exact) mass is 364 g/mol. The van der Waals surface area contributed by atoms with Crippen molar-refractivity contribution in [3.8, 4) is 5.75 Å². The maximum absolute atomic E-state index is 13.0. The summed E-state index contributed by atoms with van der Waals surface area (Å²) in [6.07, 6.45) is 0. The number of aryl methyl sites for hydroxylation is 1. The number of benzene rings is 2. The lowest BCUT2D eigenvalue weighted by Crippen LogP contribution is -2.38. The average Bonchev–Trinajstić information content (AvgIpc) is 2.65. The summed E-state index contributed by atoms with van der Waals surface area (Å²) in [6, 6.07) is 14.8. The summed E-state index contributed by atoms with van der Waals surface area (Å²) < 4.78 is 5.21. The van der Waals surface area contributed by atoms with Crippen LogP contribution in [0.4, 0.5) is 0 Å². The van der Waals surface area contributed by atoms with Crippen molar-refractivity contribution in [2.45, 2.75) is 33.4 Å². The second-order valence-corrected chi connectivity index (χ2v) is 6.97. The maximum Gasteiger partial charge on any atom is 0.254 e. The molecule has 1 amide bonds. The molecule has 0 radical (unpaired) electrons. The second-order valence-electron chi connectivity index (χ2n) is 6.97. The van der Waals surface area contributed by atoms with Crippen molar-refractivity contribution in [3.63, 3.8) is 0 Å². The van der Waals surface area contributed by atoms with Crippen LogP contribution < -0.4 is 10.3 Å². The molecule has 0 fully saturated rings. The van der Waals surface area contributed by atoms with Crippen molar-refractivity contribution < 1.29 is 9.53 Å². The molecule has 0 saturated carbocycles. The van der Waals surface area contributed by atoms with Crippen LogP contribution in [0.25, 0.3) is 10.9 Å². The maximum atomic E-state index is 13.0. The third-order valence-corrected chi connectivity index (χ3v) is 4.62. The molecule has 0 spiro atoms. The third-order valence-electron chi connectivity index (χ3n) is 4.62. The van der Waals surface area contributed by atoms with Gasteiger partial charge in [-0.05, 0) is 62.1 Å². The zero-order valence-electron chi connectivity index (χ0n) is 16.1. The van der Waals surface area contributed by atoms with Crippen LogP contribution in [0.15, 0.2) is 53.3 Å². The quantitative estimate of drug-likeness (QED) is 0.747. The molecule has 140 valence electrons. The number of H-pyrrole nitrogens is 1. The van der Waals surface area contributed by atoms with E-state index in [4.69, 9.17) is 4.74 Å². The van der Waals surface area contributed by atoms with Gasteiger partial charge < -0.3 is 14.6 Å². The van der Waals surface area contributed by atoms with Crippen LogP contribution in [-0.2, 0) is 6.54 Å². The van der Waals surface area contributed by atoms with Gasteiger partial charge in [-0.3, -0.25) is 9.59 Å². The van der Waals surface area contributed by atoms with Gasteiger partial charge in [0, 0.05) is 22.7 Å². The molecule has 27 heavy (non-hydrogen) atoms. The number of nitrogens with one attached hydrogen (secondary N) is 1. The number of rotatable bonds is 5. The topological polar surface area (TPSA) is 62.4 Å². The molecule has 3 aromatic rings. The Kier molecular flexibility index (Phi) is 5.31. The van der Waals surface area contributed by atoms with Crippen LogP contribution in [0, 0.1) is 6.92 Å². The molecule has 0 unspecified atom stereocenters. The number of pyridine rings is 1. The zero-order chi connectivity index (χ0) is 19.6. The van der Waals surface area contributed by atoms with E-state index >= 15 is 0 Å². The predicted molar refractivity (Wildman–Crippen MR) is 107 cm³/mol. The van der Waals surface area contributed by atoms with Crippen LogP contribution in [0.5, 0.6) is 5.75 Å². The smallest absolute Gasteiger partial charge is 0.254 e. The Balaban J connectivity index is 1.95. The summed E-state index contributed by atoms with van der Waals surface area (Å²) >= 11 is 0. The molecule has 3 rings (SSSR count). The number of aromatic nitrogens is 1. The number of hydrogen-bond donors (Lipinski definition) is 1. The van der Waals surface area contributed by atoms with Crippen molar-refractivity contribution >= 4 is 16.8 Å². The average molecular weight is 364 g/mol. The first-order chi connectivity index (χ1) is 12.9. The highest BCUT2D eigenvalue weighted by atomic mass is 16.5. The van der Waals surface area contributed by atoms with Gasteiger partial charge in [0.1, 0.15) is 5.75 Å². The van der Waals surface area contributed by atoms with Crippen LogP contribution >= 0.6 is 0 Å². The Hall–Kier alpha value is -3.08. The van der Waals surface area contributed by atoms with Gasteiger partial charge in [-0.1, -0.05) is 18.2 Å². The third kappa shape index (κ3) is 4.03. The summed E-state index contributed by atoms with van der Waals surface area (Å²) in [4.78, 5) is 30.2. The van der Waals surface area contributed by atoms with E-state index in [2.05, 4.69) is 4.98 Å². The van der Waals surface area contributed by atoms with Crippen LogP contribution in [-0.4, -0.2) is 28.9 Å². The van der Waals surface area contributed by atoms with E-state index in [1.165, 1.54) is 0 Å². The molecule has 1 aromatic heterocycles. The normalized spacial score (nSPS) is 11.0. The van der Waals surface area contributed by atoms with Gasteiger partial charge in [0.15, 0.2) is 0 Å². The Bertz CT molecular complexity index is 1040. The second kappa shape index (κ2) is 7.66. The Morgan fingerprint density at radius 1 is 1.15 bits per heavy atom. The molecule has 0 aliphatic heterocycles. The van der Waals surface area contributed by atoms with E-state index in [1.807, 2.05) is 45.0 Å². The number of amides is 1. The van der Waals surface area contributed by atoms with Gasteiger partial charge in [-0.2, -0.15) is 0 Å². The summed E-state index contributed by atoms with van der Waals surface area (Å²) in [5, 5.41) is 0.952. The molecule has 2 aromatic carbocycles. The van der Waals surface area contributed by atoms with E-state index in [1.54, 1.807) is 36.3 Å². The number of nitrogens with zero attached hydrogens (tertiary/aromatic N) is 1. The summed E-state index contributed by atoms with van der Waals surface area (Å²) in [5.74, 6) is 0.496. The van der Waals surface area contributed by atoms with Crippen LogP contribution in [0.2, 0.25) is 0 Å². The minimum absolute atomic E-state index is 0.0585. The van der Waals surface area contributed by atoms with Gasteiger partial charge in [-0.15, -0.1) is 0 Å². The standard InChI is InChI=1S/C22H24N2O3/c1-14(2)24(22(26)17-6-5-7-19(12-17)27-4)13-18-11-16-9-8-15(3)10-20(16)23-21(18)25/h5-12,14H,13H2,1-4H3,(H,23,25). The van der Waals surface area contributed by atoms with E-state index in [0.717, 1.165) is 16.5 Å². The lowest BCUT2D eigenvalue weighted by atomic mass is 10.1. The molecule has 1 N–H and O–H groups in total. The molecule has 5 nitrogen and oxygen atoms in total. The summed E-state index contributed by atoms with van der Waals surface area (Å²) in [7, 11) is 1.57. The Morgan fingerprint density at radius 3 is 2.63 bits per heavy atom. The lowest BCUT2D eigenvalue weighted by molar-refractivity contribution is 0.0689. The largest absolute Gasteiger partial charge is 0.497 e. The molecular weight excluding hydrogens is 340 g/mol. The van der Waals surface area contributed by atoms with Gasteiger partial charge in [-0.25, -0.2) is 0 Å². The van der Waals surface area contributed by atoms with E-state index in [9.17, 15) is 9.59 Å². The number of fused-ring (bicyclic) bond motifs is 1. The summed E-state index contributed by atoms with van der Waals surface area (Å²) in [6.45, 7) is 6.11. The first kappa shape index (κ1) is 18.7. The summed E-state index contributed by atoms with van der Waals surface area (Å²) in [5.41, 5.74) is 2.83. The molecule has 0 saturated heterocycles. The first-order valence-corrected chi connectivity index (χ1v) is 8.96. The lowest BCUT2D eigenvalue weighted by Gasteiger charge is -2.27. The number of methoxy groups -OCH3 is 1. The molecule has 0 atom stereocenters. The minimum Gasteiger partial charge on any atom is -0.497 e. The fourth-order valence-electron chi connectivity index (χ4n) is 3.07. The van der Waals surface area contributed by atoms with Crippen molar-refractivity contribution in [2.24, 2.45) is 0 Å². The SMILES string of the molecule is COc1cccc(C(=O)N(Cc2cc3ccc(C)cc3[nH]c2=O)C(C)C)c1. The van der Waals surface area contributed by atoms with Gasteiger partial charge in [0.25, 0.3) is 11.5 Å². The molecule has 0 aliphatic carbocycles. The fraction of sp³-hybridized carbons (Fsp3) is 0.273. The Morgan fingerprint density at radius 2 is 1.93 bits per heavy atom. The van der Waals surface area contributed by atoms with Gasteiger partial charge in [0.05, 0.1) is 13.7 Å². The number of hydrogen-bond acceptors (Lipinski definition) is 3. The molecular formula is C22H24N2O3. The van der Waals surface area contributed by atoms with Crippen molar-refractivity contribution in [1.29, 1.82) is 0 Å². The minimum atomic E-state index is -0.169. The van der Waals surface area contributed by atoms with Crippen LogP contribution in [0.3, 0.4) is 0 Å². The zero-order valence-corrected chi connectivity index (χ0v) is 16.1. The van der Waals surface area contributed by atoms with Gasteiger partial charge in [0.2, 0.25) is 0 Å². The highest BCUT2D eigenvalue weighted by Crippen LogP contribution is 2.18. The van der Waals surface area contributed by atoms with Crippen LogP contribution in [0.1, 0.15) is 35.3 Å². The van der Waals surface area contributed by atoms with Crippen molar-refractivity contribution in [2.75, 3.05) is 7.11 Å². The number of carbonyl (C=O) groups is 1. The molecule has 5 heteroatoms. The number of ether oxygens (including phenoxy) is 1. The number of carbonyl (C=O) groups excluding carboxylic acids is 1. The first-order valence-electron chi connectivity index (χ1n) is 8.96. The number of aromatic amines is 1. The Labute approximate surface area is 158 Å². The van der Waals surface area contributed by atoms with E-state index < -0.39 is 0 Å². The fourth-order valence-corrected chi connectivity index (χ4v) is 3.07. The predicted octanol–water partition coefficient (Wildman–Crippen LogP) is 3.90. The van der Waals surface area contributed by atoms with E-state index in [0.29, 0.717) is 16.9 Å². The van der Waals surface area contributed by atoms with E-state index in [-0.39, 0.29) is 24.1 Å². The van der Waals surface area contributed by atoms with Gasteiger partial charge >= 0.3 is 0 Å². The highest BCUT2D eigenvalue weighted by Gasteiger charge is 2.21. The van der Waals surface area contributed by atoms with Crippen molar-refractivity contribution in [1.82, 2.24) is 9.88 Å². The highest BCUT2D eigenvalue weighted by molar-refractivity contribution is 5.94. The van der Waals surface area contributed by atoms with Crippen molar-refractivity contribution in [3.05, 3.63) is 75.6 Å².